The number of aromatic nitrogens is 2. The average Bonchev–Trinajstić information content (AvgIpc) is 3.51. The third-order valence-electron chi connectivity index (χ3n) is 8.60. The predicted octanol–water partition coefficient (Wildman–Crippen LogP) is 5.54. The summed E-state index contributed by atoms with van der Waals surface area (Å²) in [4.78, 5) is 32.2. The normalized spacial score (nSPS) is 18.6. The second-order valence-corrected chi connectivity index (χ2v) is 12.4. The molecular formula is C35H41Cl2N7O4. The van der Waals surface area contributed by atoms with E-state index in [0.29, 0.717) is 88.7 Å². The molecule has 2 aliphatic rings. The molecule has 1 aromatic heterocycles. The van der Waals surface area contributed by atoms with Crippen LogP contribution in [0.4, 0.5) is 0 Å². The first-order chi connectivity index (χ1) is 23.3. The molecule has 3 heterocycles. The molecule has 48 heavy (non-hydrogen) atoms. The second kappa shape index (κ2) is 16.5. The third kappa shape index (κ3) is 8.04. The Morgan fingerprint density at radius 2 is 1.85 bits per heavy atom. The number of benzene rings is 2. The molecule has 254 valence electrons. The number of rotatable bonds is 15. The Kier molecular flexibility index (Phi) is 12.2. The van der Waals surface area contributed by atoms with Crippen molar-refractivity contribution < 1.29 is 19.0 Å². The molecule has 0 saturated carbocycles. The van der Waals surface area contributed by atoms with E-state index in [9.17, 15) is 4.79 Å². The van der Waals surface area contributed by atoms with Gasteiger partial charge in [0.15, 0.2) is 0 Å². The summed E-state index contributed by atoms with van der Waals surface area (Å²) in [5.74, 6) is 0.841. The molecule has 0 aliphatic carbocycles. The molecule has 2 N–H and O–H groups in total. The van der Waals surface area contributed by atoms with Gasteiger partial charge >= 0.3 is 0 Å². The summed E-state index contributed by atoms with van der Waals surface area (Å²) in [6.07, 6.45) is 4.16. The van der Waals surface area contributed by atoms with Crippen molar-refractivity contribution in [3.8, 4) is 28.3 Å². The van der Waals surface area contributed by atoms with Gasteiger partial charge in [0.1, 0.15) is 11.4 Å². The first-order valence-corrected chi connectivity index (χ1v) is 16.5. The van der Waals surface area contributed by atoms with Crippen molar-refractivity contribution >= 4 is 41.5 Å². The number of carbonyl (C=O) groups is 1. The number of nitrogens with zero attached hydrogens (tertiary/aromatic N) is 5. The fraction of sp³-hybridized carbons (Fsp3) is 0.400. The van der Waals surface area contributed by atoms with E-state index in [-0.39, 0.29) is 11.9 Å². The summed E-state index contributed by atoms with van der Waals surface area (Å²) in [6, 6.07) is 11.9. The molecule has 13 heteroatoms. The maximum Gasteiger partial charge on any atom is 0.237 e. The molecule has 11 nitrogen and oxygen atoms in total. The summed E-state index contributed by atoms with van der Waals surface area (Å²) < 4.78 is 16.6. The van der Waals surface area contributed by atoms with Crippen LogP contribution in [0, 0.1) is 0 Å². The van der Waals surface area contributed by atoms with Gasteiger partial charge in [-0.3, -0.25) is 19.7 Å². The molecule has 1 amide bonds. The van der Waals surface area contributed by atoms with E-state index >= 15 is 0 Å². The highest BCUT2D eigenvalue weighted by Gasteiger charge is 2.29. The number of nitrogens with one attached hydrogen (secondary N) is 2. The van der Waals surface area contributed by atoms with Crippen molar-refractivity contribution in [3.63, 3.8) is 0 Å². The van der Waals surface area contributed by atoms with E-state index in [1.54, 1.807) is 20.4 Å². The lowest BCUT2D eigenvalue weighted by Crippen LogP contribution is -2.49. The van der Waals surface area contributed by atoms with Crippen LogP contribution in [0.5, 0.6) is 5.88 Å². The number of methoxy groups -OCH3 is 3. The molecule has 3 aromatic rings. The third-order valence-corrected chi connectivity index (χ3v) is 9.42. The van der Waals surface area contributed by atoms with Crippen LogP contribution < -0.4 is 15.4 Å². The molecule has 0 unspecified atom stereocenters. The van der Waals surface area contributed by atoms with Gasteiger partial charge in [-0.25, -0.2) is 9.98 Å². The van der Waals surface area contributed by atoms with Gasteiger partial charge in [-0.2, -0.15) is 0 Å². The van der Waals surface area contributed by atoms with E-state index in [1.807, 2.05) is 43.3 Å². The Labute approximate surface area is 291 Å². The van der Waals surface area contributed by atoms with Crippen LogP contribution in [0.3, 0.4) is 0 Å². The Balaban J connectivity index is 1.39. The minimum Gasteiger partial charge on any atom is -0.480 e. The van der Waals surface area contributed by atoms with Crippen molar-refractivity contribution in [3.05, 3.63) is 75.5 Å². The smallest absolute Gasteiger partial charge is 0.237 e. The minimum absolute atomic E-state index is 0.0711. The Morgan fingerprint density at radius 3 is 2.50 bits per heavy atom. The quantitative estimate of drug-likeness (QED) is 0.157. The standard InChI is InChI=1S/C35H41Cl2N7O4/c1-21(41-34(47-4)29(38-2)17-39-16-22-12-13-31(45)42-22)24-8-6-9-25(32(24)36)26-10-7-11-27(33(26)37)28-18-40-30(35(43-28)48-5)19-44-15-14-23(44)20-46-3/h6-11,18,22-23,39H,2,12-17,19-20H2,1,3-5H3,(H,42,45)/b34-29+,41-21+/t22-,23+/m0/s1. The molecular weight excluding hydrogens is 653 g/mol. The SMILES string of the molecule is C=N/C(CNC[C@@H]1CCC(=O)N1)=C(\N=C(/C)c1cccc(-c2cccc(-c3cnc(CN4CC[C@@H]4COC)c(OC)n3)c2Cl)c1Cl)OC. The van der Waals surface area contributed by atoms with E-state index in [2.05, 4.69) is 27.2 Å². The van der Waals surface area contributed by atoms with Crippen molar-refractivity contribution in [2.24, 2.45) is 9.98 Å². The molecule has 0 spiro atoms. The average molecular weight is 695 g/mol. The number of halogens is 2. The summed E-state index contributed by atoms with van der Waals surface area (Å²) >= 11 is 14.1. The molecule has 0 radical (unpaired) electrons. The fourth-order valence-corrected chi connectivity index (χ4v) is 6.56. The van der Waals surface area contributed by atoms with Crippen LogP contribution in [-0.2, 0) is 20.8 Å². The Hall–Kier alpha value is -3.87. The first-order valence-electron chi connectivity index (χ1n) is 15.8. The molecule has 2 fully saturated rings. The maximum atomic E-state index is 11.5. The maximum absolute atomic E-state index is 11.5. The highest BCUT2D eigenvalue weighted by molar-refractivity contribution is 6.39. The van der Waals surface area contributed by atoms with E-state index in [1.165, 1.54) is 7.11 Å². The van der Waals surface area contributed by atoms with Crippen LogP contribution in [-0.4, -0.2) is 92.9 Å². The zero-order chi connectivity index (χ0) is 34.2. The zero-order valence-electron chi connectivity index (χ0n) is 27.7. The molecule has 2 saturated heterocycles. The Bertz CT molecular complexity index is 1710. The monoisotopic (exact) mass is 693 g/mol. The molecule has 5 rings (SSSR count). The molecule has 0 bridgehead atoms. The van der Waals surface area contributed by atoms with Gasteiger partial charge in [0.05, 0.1) is 48.5 Å². The number of hydrogen-bond donors (Lipinski definition) is 2. The fourth-order valence-electron chi connectivity index (χ4n) is 5.87. The number of amides is 1. The largest absolute Gasteiger partial charge is 0.480 e. The van der Waals surface area contributed by atoms with Crippen LogP contribution in [0.25, 0.3) is 22.4 Å². The van der Waals surface area contributed by atoms with Crippen LogP contribution in [0.15, 0.2) is 64.2 Å². The van der Waals surface area contributed by atoms with Crippen LogP contribution >= 0.6 is 23.2 Å². The Morgan fingerprint density at radius 1 is 1.10 bits per heavy atom. The number of carbonyl (C=O) groups excluding carboxylic acids is 1. The van der Waals surface area contributed by atoms with Gasteiger partial charge in [-0.1, -0.05) is 59.6 Å². The van der Waals surface area contributed by atoms with Gasteiger partial charge in [0, 0.05) is 74.0 Å². The molecule has 2 aliphatic heterocycles. The first kappa shape index (κ1) is 35.4. The van der Waals surface area contributed by atoms with Gasteiger partial charge in [0.25, 0.3) is 0 Å². The van der Waals surface area contributed by atoms with E-state index < -0.39 is 0 Å². The van der Waals surface area contributed by atoms with Gasteiger partial charge in [-0.05, 0) is 26.5 Å². The van der Waals surface area contributed by atoms with Crippen molar-refractivity contribution in [2.45, 2.75) is 44.8 Å². The van der Waals surface area contributed by atoms with Gasteiger partial charge in [0.2, 0.25) is 17.7 Å². The highest BCUT2D eigenvalue weighted by Crippen LogP contribution is 2.40. The zero-order valence-corrected chi connectivity index (χ0v) is 29.2. The number of likely N-dealkylation sites (tertiary alicyclic amines) is 1. The number of ether oxygens (including phenoxy) is 3. The summed E-state index contributed by atoms with van der Waals surface area (Å²) in [6.45, 7) is 8.82. The van der Waals surface area contributed by atoms with Gasteiger partial charge in [-0.15, -0.1) is 0 Å². The second-order valence-electron chi connectivity index (χ2n) is 11.7. The highest BCUT2D eigenvalue weighted by atomic mass is 35.5. The van der Waals surface area contributed by atoms with Gasteiger partial charge < -0.3 is 24.8 Å². The lowest BCUT2D eigenvalue weighted by Gasteiger charge is -2.40. The van der Waals surface area contributed by atoms with Crippen molar-refractivity contribution in [1.29, 1.82) is 0 Å². The number of aliphatic imine (C=N–C) groups is 2. The summed E-state index contributed by atoms with van der Waals surface area (Å²) in [5, 5.41) is 7.21. The lowest BCUT2D eigenvalue weighted by atomic mass is 9.98. The van der Waals surface area contributed by atoms with Crippen molar-refractivity contribution in [1.82, 2.24) is 25.5 Å². The minimum atomic E-state index is 0.0711. The van der Waals surface area contributed by atoms with E-state index in [0.717, 1.165) is 36.2 Å². The summed E-state index contributed by atoms with van der Waals surface area (Å²) in [5.41, 5.74) is 5.39. The predicted molar refractivity (Wildman–Crippen MR) is 190 cm³/mol. The number of hydrogen-bond acceptors (Lipinski definition) is 10. The molecule has 2 atom stereocenters. The van der Waals surface area contributed by atoms with Crippen LogP contribution in [0.2, 0.25) is 10.0 Å². The van der Waals surface area contributed by atoms with E-state index in [4.69, 9.17) is 52.4 Å². The lowest BCUT2D eigenvalue weighted by molar-refractivity contribution is -0.119. The topological polar surface area (TPSA) is 123 Å². The van der Waals surface area contributed by atoms with Crippen molar-refractivity contribution in [2.75, 3.05) is 47.6 Å². The molecule has 2 aromatic carbocycles. The summed E-state index contributed by atoms with van der Waals surface area (Å²) in [7, 11) is 4.85. The van der Waals surface area contributed by atoms with Crippen LogP contribution in [0.1, 0.15) is 37.4 Å².